The molecule has 242 valence electrons. The van der Waals surface area contributed by atoms with Gasteiger partial charge in [-0.1, -0.05) is 31.5 Å². The number of carbonyl (C=O) groups excluding carboxylic acids is 1. The summed E-state index contributed by atoms with van der Waals surface area (Å²) < 4.78 is 23.3. The van der Waals surface area contributed by atoms with Crippen LogP contribution in [-0.4, -0.2) is 112 Å². The summed E-state index contributed by atoms with van der Waals surface area (Å²) in [5, 5.41) is 10.7. The number of ether oxygens (including phenoxy) is 4. The number of hydrogen-bond acceptors (Lipinski definition) is 7. The number of aliphatic carboxylic acids is 1. The number of hydrogen-bond donors (Lipinski definition) is 1. The molecule has 2 aromatic carbocycles. The summed E-state index contributed by atoms with van der Waals surface area (Å²) in [4.78, 5) is 31.0. The summed E-state index contributed by atoms with van der Waals surface area (Å²) in [6.07, 6.45) is 4.04. The Hall–Kier alpha value is -3.50. The lowest BCUT2D eigenvalue weighted by molar-refractivity contribution is -0.870. The number of nitrogens with zero attached hydrogens (tertiary/aromatic N) is 3. The third-order valence-electron chi connectivity index (χ3n) is 8.77. The van der Waals surface area contributed by atoms with Gasteiger partial charge < -0.3 is 33.4 Å². The van der Waals surface area contributed by atoms with Gasteiger partial charge in [-0.25, -0.2) is 0 Å². The van der Waals surface area contributed by atoms with Gasteiger partial charge in [0, 0.05) is 38.0 Å². The second-order valence-corrected chi connectivity index (χ2v) is 12.9. The summed E-state index contributed by atoms with van der Waals surface area (Å²) in [5.74, 6) is 0.446. The Labute approximate surface area is 262 Å². The molecule has 1 amide bonds. The van der Waals surface area contributed by atoms with Gasteiger partial charge in [-0.2, -0.15) is 0 Å². The molecule has 10 nitrogen and oxygen atoms in total. The summed E-state index contributed by atoms with van der Waals surface area (Å²) in [7, 11) is 9.69. The molecule has 0 aromatic heterocycles. The highest BCUT2D eigenvalue weighted by molar-refractivity contribution is 5.79. The lowest BCUT2D eigenvalue weighted by Crippen LogP contribution is -2.45. The third-order valence-corrected chi connectivity index (χ3v) is 8.77. The minimum absolute atomic E-state index is 0.0511. The molecule has 3 atom stereocenters. The minimum atomic E-state index is -0.877. The first kappa shape index (κ1) is 33.4. The number of carbonyl (C=O) groups is 2. The molecule has 0 aliphatic carbocycles. The lowest BCUT2D eigenvalue weighted by atomic mass is 9.83. The number of methoxy groups -OCH3 is 2. The average Bonchev–Trinajstić information content (AvgIpc) is 3.61. The summed E-state index contributed by atoms with van der Waals surface area (Å²) in [6, 6.07) is 11.2. The quantitative estimate of drug-likeness (QED) is 0.281. The van der Waals surface area contributed by atoms with Crippen molar-refractivity contribution < 1.29 is 38.1 Å². The zero-order valence-electron chi connectivity index (χ0n) is 27.2. The number of fused-ring (bicyclic) bond motifs is 1. The molecule has 0 bridgehead atoms. The van der Waals surface area contributed by atoms with Crippen molar-refractivity contribution >= 4 is 11.9 Å². The van der Waals surface area contributed by atoms with Gasteiger partial charge >= 0.3 is 5.97 Å². The van der Waals surface area contributed by atoms with E-state index in [2.05, 4.69) is 33.0 Å². The molecule has 3 unspecified atom stereocenters. The van der Waals surface area contributed by atoms with Crippen LogP contribution in [0.5, 0.6) is 23.0 Å². The van der Waals surface area contributed by atoms with E-state index in [4.69, 9.17) is 18.9 Å². The van der Waals surface area contributed by atoms with Crippen molar-refractivity contribution in [3.05, 3.63) is 47.5 Å². The number of likely N-dealkylation sites (tertiary alicyclic amines) is 1. The lowest BCUT2D eigenvalue weighted by Gasteiger charge is -2.31. The first-order valence-electron chi connectivity index (χ1n) is 15.7. The molecule has 0 radical (unpaired) electrons. The highest BCUT2D eigenvalue weighted by Crippen LogP contribution is 2.47. The van der Waals surface area contributed by atoms with Crippen molar-refractivity contribution in [1.29, 1.82) is 0 Å². The fourth-order valence-electron chi connectivity index (χ4n) is 6.49. The van der Waals surface area contributed by atoms with Gasteiger partial charge in [0.1, 0.15) is 5.75 Å². The van der Waals surface area contributed by atoms with Crippen molar-refractivity contribution in [1.82, 2.24) is 9.80 Å². The van der Waals surface area contributed by atoms with Crippen LogP contribution in [0.25, 0.3) is 0 Å². The van der Waals surface area contributed by atoms with Gasteiger partial charge in [0.2, 0.25) is 18.4 Å². The normalized spacial score (nSPS) is 19.6. The van der Waals surface area contributed by atoms with Crippen LogP contribution in [0.3, 0.4) is 0 Å². The number of unbranched alkanes of at least 4 members (excludes halogenated alkanes) is 1. The number of amides is 1. The summed E-state index contributed by atoms with van der Waals surface area (Å²) >= 11 is 0. The van der Waals surface area contributed by atoms with Crippen molar-refractivity contribution in [2.24, 2.45) is 5.92 Å². The number of aryl methyl sites for hydroxylation is 1. The Bertz CT molecular complexity index is 1280. The van der Waals surface area contributed by atoms with Gasteiger partial charge in [-0.05, 0) is 48.6 Å². The van der Waals surface area contributed by atoms with Gasteiger partial charge in [0.15, 0.2) is 11.5 Å². The molecule has 1 fully saturated rings. The third kappa shape index (κ3) is 8.15. The summed E-state index contributed by atoms with van der Waals surface area (Å²) in [5.41, 5.74) is 1.82. The molecule has 2 aliphatic heterocycles. The first-order chi connectivity index (χ1) is 21.1. The molecule has 1 saturated heterocycles. The zero-order valence-corrected chi connectivity index (χ0v) is 27.2. The Kier molecular flexibility index (Phi) is 11.4. The van der Waals surface area contributed by atoms with E-state index in [-0.39, 0.29) is 31.2 Å². The minimum Gasteiger partial charge on any atom is -0.496 e. The molecule has 44 heavy (non-hydrogen) atoms. The maximum Gasteiger partial charge on any atom is 0.308 e. The second-order valence-electron chi connectivity index (χ2n) is 12.9. The van der Waals surface area contributed by atoms with E-state index < -0.39 is 11.9 Å². The van der Waals surface area contributed by atoms with Crippen LogP contribution in [0.15, 0.2) is 36.4 Å². The number of carboxylic acid groups (broad SMARTS) is 1. The van der Waals surface area contributed by atoms with E-state index in [1.165, 1.54) is 0 Å². The van der Waals surface area contributed by atoms with Gasteiger partial charge in [-0.3, -0.25) is 14.5 Å². The molecule has 2 aliphatic rings. The number of benzene rings is 2. The van der Waals surface area contributed by atoms with E-state index in [1.54, 1.807) is 14.2 Å². The molecule has 2 aromatic rings. The van der Waals surface area contributed by atoms with Crippen molar-refractivity contribution in [2.45, 2.75) is 51.0 Å². The molecule has 0 spiro atoms. The van der Waals surface area contributed by atoms with Crippen molar-refractivity contribution in [3.8, 4) is 23.0 Å². The predicted octanol–water partition coefficient (Wildman–Crippen LogP) is 4.26. The zero-order chi connectivity index (χ0) is 31.9. The molecule has 4 rings (SSSR count). The SMILES string of the molecule is CCCCN(CCC[N+](C)(C)C)C(=O)CN1CC(c2cc(OC)c3c(c2)OCO3)C(C(=O)O)C1CCc1ccccc1OC. The number of rotatable bonds is 16. The Balaban J connectivity index is 1.63. The predicted molar refractivity (Wildman–Crippen MR) is 169 cm³/mol. The Morgan fingerprint density at radius 3 is 2.45 bits per heavy atom. The maximum atomic E-state index is 13.9. The second kappa shape index (κ2) is 15.0. The monoisotopic (exact) mass is 612 g/mol. The van der Waals surface area contributed by atoms with E-state index in [1.807, 2.05) is 41.3 Å². The highest BCUT2D eigenvalue weighted by atomic mass is 16.7. The number of quaternary nitrogens is 1. The van der Waals surface area contributed by atoms with Crippen LogP contribution in [0.4, 0.5) is 0 Å². The van der Waals surface area contributed by atoms with Crippen molar-refractivity contribution in [2.75, 3.05) is 74.9 Å². The van der Waals surface area contributed by atoms with E-state index >= 15 is 0 Å². The molecule has 1 N–H and O–H groups in total. The van der Waals surface area contributed by atoms with Gasteiger partial charge in [0.05, 0.1) is 54.4 Å². The standard InChI is InChI=1S/C34H49N3O7/c1-7-8-16-35(17-11-18-37(2,3)4)31(38)22-36-21-26(25-19-29(42-6)33-30(20-25)43-23-44-33)32(34(39)40)27(36)15-14-24-12-9-10-13-28(24)41-5/h9-10,12-13,19-20,26-27,32H,7-8,11,14-18,21-23H2,1-6H3/p+1. The van der Waals surface area contributed by atoms with Crippen LogP contribution in [0.2, 0.25) is 0 Å². The Morgan fingerprint density at radius 2 is 1.77 bits per heavy atom. The highest BCUT2D eigenvalue weighted by Gasteiger charge is 2.47. The van der Waals surface area contributed by atoms with Crippen LogP contribution < -0.4 is 18.9 Å². The van der Waals surface area contributed by atoms with Gasteiger partial charge in [0.25, 0.3) is 0 Å². The van der Waals surface area contributed by atoms with Gasteiger partial charge in [-0.15, -0.1) is 0 Å². The topological polar surface area (TPSA) is 97.8 Å². The molecular weight excluding hydrogens is 562 g/mol. The molecule has 0 saturated carbocycles. The van der Waals surface area contributed by atoms with Crippen LogP contribution in [0, 0.1) is 5.92 Å². The summed E-state index contributed by atoms with van der Waals surface area (Å²) in [6.45, 7) is 5.19. The molecule has 10 heteroatoms. The first-order valence-corrected chi connectivity index (χ1v) is 15.7. The molecular formula is C34H50N3O7+. The largest absolute Gasteiger partial charge is 0.496 e. The van der Waals surface area contributed by atoms with E-state index in [9.17, 15) is 14.7 Å². The van der Waals surface area contributed by atoms with Crippen LogP contribution in [0.1, 0.15) is 49.7 Å². The molecule has 2 heterocycles. The van der Waals surface area contributed by atoms with E-state index in [0.717, 1.165) is 47.2 Å². The smallest absolute Gasteiger partial charge is 0.308 e. The van der Waals surface area contributed by atoms with E-state index in [0.29, 0.717) is 49.7 Å². The van der Waals surface area contributed by atoms with Crippen molar-refractivity contribution in [3.63, 3.8) is 0 Å². The van der Waals surface area contributed by atoms with Crippen LogP contribution >= 0.6 is 0 Å². The van der Waals surface area contributed by atoms with Crippen LogP contribution in [-0.2, 0) is 16.0 Å². The fourth-order valence-corrected chi connectivity index (χ4v) is 6.49. The number of para-hydroxylation sites is 1. The number of carboxylic acids is 1. The Morgan fingerprint density at radius 1 is 1.05 bits per heavy atom. The average molecular weight is 613 g/mol. The maximum absolute atomic E-state index is 13.9. The fraction of sp³-hybridized carbons (Fsp3) is 0.588.